The average Bonchev–Trinajstić information content (AvgIpc) is 2.66. The zero-order chi connectivity index (χ0) is 13.0. The molecule has 5 heteroatoms. The number of hydrogen-bond donors (Lipinski definition) is 1. The number of nitrogens with zero attached hydrogens (tertiary/aromatic N) is 2. The first-order valence-electron chi connectivity index (χ1n) is 6.23. The molecule has 0 aromatic rings. The first-order chi connectivity index (χ1) is 7.99. The molecule has 5 nitrogen and oxygen atoms in total. The number of urea groups is 1. The maximum Gasteiger partial charge on any atom is 0.326 e. The summed E-state index contributed by atoms with van der Waals surface area (Å²) in [5.41, 5.74) is 0. The molecule has 1 fully saturated rings. The van der Waals surface area contributed by atoms with Gasteiger partial charge in [-0.1, -0.05) is 20.3 Å². The molecular weight excluding hydrogens is 220 g/mol. The standard InChI is InChI=1S/C12H22N2O3/c1-4-5-7-13(3)12(17)14-8-6-9(2)10(14)11(15)16/h9-10H,4-8H2,1-3H3,(H,15,16). The fourth-order valence-electron chi connectivity index (χ4n) is 2.25. The van der Waals surface area contributed by atoms with Crippen LogP contribution in [0.3, 0.4) is 0 Å². The Kier molecular flexibility index (Phi) is 4.78. The highest BCUT2D eigenvalue weighted by Gasteiger charge is 2.40. The predicted molar refractivity (Wildman–Crippen MR) is 64.8 cm³/mol. The molecule has 0 bridgehead atoms. The smallest absolute Gasteiger partial charge is 0.326 e. The number of carboxylic acid groups (broad SMARTS) is 1. The lowest BCUT2D eigenvalue weighted by Gasteiger charge is -2.28. The molecule has 17 heavy (non-hydrogen) atoms. The third-order valence-corrected chi connectivity index (χ3v) is 3.37. The van der Waals surface area contributed by atoms with Gasteiger partial charge < -0.3 is 14.9 Å². The van der Waals surface area contributed by atoms with E-state index in [1.165, 1.54) is 4.90 Å². The lowest BCUT2D eigenvalue weighted by Crippen LogP contribution is -2.48. The number of hydrogen-bond acceptors (Lipinski definition) is 2. The lowest BCUT2D eigenvalue weighted by molar-refractivity contribution is -0.142. The quantitative estimate of drug-likeness (QED) is 0.815. The summed E-state index contributed by atoms with van der Waals surface area (Å²) in [6.07, 6.45) is 2.74. The number of carbonyl (C=O) groups excluding carboxylic acids is 1. The molecule has 1 aliphatic rings. The van der Waals surface area contributed by atoms with E-state index in [0.717, 1.165) is 19.3 Å². The van der Waals surface area contributed by atoms with Crippen molar-refractivity contribution in [2.75, 3.05) is 20.1 Å². The van der Waals surface area contributed by atoms with Crippen LogP contribution in [0.15, 0.2) is 0 Å². The molecular formula is C12H22N2O3. The van der Waals surface area contributed by atoms with Gasteiger partial charge in [-0.05, 0) is 18.8 Å². The van der Waals surface area contributed by atoms with Gasteiger partial charge in [-0.3, -0.25) is 0 Å². The van der Waals surface area contributed by atoms with E-state index in [1.807, 2.05) is 6.92 Å². The van der Waals surface area contributed by atoms with Crippen molar-refractivity contribution in [3.8, 4) is 0 Å². The first-order valence-corrected chi connectivity index (χ1v) is 6.23. The summed E-state index contributed by atoms with van der Waals surface area (Å²) in [5.74, 6) is -0.858. The summed E-state index contributed by atoms with van der Waals surface area (Å²) < 4.78 is 0. The Hall–Kier alpha value is -1.26. The maximum absolute atomic E-state index is 12.1. The van der Waals surface area contributed by atoms with Gasteiger partial charge in [0.15, 0.2) is 0 Å². The van der Waals surface area contributed by atoms with Crippen LogP contribution in [-0.4, -0.2) is 53.1 Å². The Balaban J connectivity index is 2.65. The van der Waals surface area contributed by atoms with E-state index in [-0.39, 0.29) is 11.9 Å². The van der Waals surface area contributed by atoms with Gasteiger partial charge in [0.2, 0.25) is 0 Å². The van der Waals surface area contributed by atoms with Crippen LogP contribution < -0.4 is 0 Å². The number of likely N-dealkylation sites (tertiary alicyclic amines) is 1. The number of carboxylic acids is 1. The summed E-state index contributed by atoms with van der Waals surface area (Å²) in [4.78, 5) is 26.4. The molecule has 98 valence electrons. The molecule has 0 saturated carbocycles. The fraction of sp³-hybridized carbons (Fsp3) is 0.833. The minimum atomic E-state index is -0.896. The Morgan fingerprint density at radius 3 is 2.65 bits per heavy atom. The molecule has 1 aliphatic heterocycles. The fourth-order valence-corrected chi connectivity index (χ4v) is 2.25. The second-order valence-electron chi connectivity index (χ2n) is 4.80. The molecule has 0 aliphatic carbocycles. The Morgan fingerprint density at radius 2 is 2.12 bits per heavy atom. The van der Waals surface area contributed by atoms with Gasteiger partial charge in [0, 0.05) is 20.1 Å². The summed E-state index contributed by atoms with van der Waals surface area (Å²) in [6.45, 7) is 5.19. The van der Waals surface area contributed by atoms with Crippen molar-refractivity contribution >= 4 is 12.0 Å². The lowest BCUT2D eigenvalue weighted by atomic mass is 10.0. The van der Waals surface area contributed by atoms with Crippen LogP contribution in [0.25, 0.3) is 0 Å². The molecule has 1 saturated heterocycles. The zero-order valence-electron chi connectivity index (χ0n) is 10.8. The summed E-state index contributed by atoms with van der Waals surface area (Å²) in [5, 5.41) is 9.15. The molecule has 0 radical (unpaired) electrons. The number of amides is 2. The highest BCUT2D eigenvalue weighted by Crippen LogP contribution is 2.25. The number of carbonyl (C=O) groups is 2. The van der Waals surface area contributed by atoms with Crippen molar-refractivity contribution in [1.29, 1.82) is 0 Å². The molecule has 0 aromatic carbocycles. The van der Waals surface area contributed by atoms with Gasteiger partial charge in [-0.25, -0.2) is 9.59 Å². The number of aliphatic carboxylic acids is 1. The summed E-state index contributed by atoms with van der Waals surface area (Å²) >= 11 is 0. The highest BCUT2D eigenvalue weighted by molar-refractivity contribution is 5.83. The van der Waals surface area contributed by atoms with E-state index in [9.17, 15) is 9.59 Å². The molecule has 2 unspecified atom stereocenters. The molecule has 1 heterocycles. The van der Waals surface area contributed by atoms with Crippen LogP contribution in [0.2, 0.25) is 0 Å². The van der Waals surface area contributed by atoms with Gasteiger partial charge >= 0.3 is 12.0 Å². The van der Waals surface area contributed by atoms with E-state index in [1.54, 1.807) is 11.9 Å². The average molecular weight is 242 g/mol. The summed E-state index contributed by atoms with van der Waals surface area (Å²) in [6, 6.07) is -0.818. The number of rotatable bonds is 4. The Bertz CT molecular complexity index is 293. The van der Waals surface area contributed by atoms with E-state index in [0.29, 0.717) is 13.1 Å². The van der Waals surface area contributed by atoms with E-state index < -0.39 is 12.0 Å². The van der Waals surface area contributed by atoms with E-state index in [2.05, 4.69) is 6.92 Å². The van der Waals surface area contributed by atoms with Crippen molar-refractivity contribution in [2.24, 2.45) is 5.92 Å². The van der Waals surface area contributed by atoms with Crippen LogP contribution in [-0.2, 0) is 4.79 Å². The monoisotopic (exact) mass is 242 g/mol. The highest BCUT2D eigenvalue weighted by atomic mass is 16.4. The zero-order valence-corrected chi connectivity index (χ0v) is 10.8. The molecule has 1 N–H and O–H groups in total. The van der Waals surface area contributed by atoms with Crippen LogP contribution in [0.5, 0.6) is 0 Å². The maximum atomic E-state index is 12.1. The van der Waals surface area contributed by atoms with Crippen molar-refractivity contribution in [3.63, 3.8) is 0 Å². The Morgan fingerprint density at radius 1 is 1.47 bits per heavy atom. The number of unbranched alkanes of at least 4 members (excludes halogenated alkanes) is 1. The van der Waals surface area contributed by atoms with Crippen LogP contribution >= 0.6 is 0 Å². The van der Waals surface area contributed by atoms with Crippen molar-refractivity contribution < 1.29 is 14.7 Å². The molecule has 2 amide bonds. The van der Waals surface area contributed by atoms with Crippen LogP contribution in [0.1, 0.15) is 33.1 Å². The topological polar surface area (TPSA) is 60.9 Å². The van der Waals surface area contributed by atoms with Gasteiger partial charge in [0.25, 0.3) is 0 Å². The first kappa shape index (κ1) is 13.8. The van der Waals surface area contributed by atoms with E-state index >= 15 is 0 Å². The third kappa shape index (κ3) is 3.11. The molecule has 0 spiro atoms. The normalized spacial score (nSPS) is 23.8. The van der Waals surface area contributed by atoms with E-state index in [4.69, 9.17) is 5.11 Å². The second kappa shape index (κ2) is 5.89. The largest absolute Gasteiger partial charge is 0.480 e. The molecule has 2 atom stereocenters. The predicted octanol–water partition coefficient (Wildman–Crippen LogP) is 1.63. The van der Waals surface area contributed by atoms with Gasteiger partial charge in [-0.15, -0.1) is 0 Å². The van der Waals surface area contributed by atoms with Crippen LogP contribution in [0.4, 0.5) is 4.79 Å². The van der Waals surface area contributed by atoms with Gasteiger partial charge in [-0.2, -0.15) is 0 Å². The van der Waals surface area contributed by atoms with Gasteiger partial charge in [0.05, 0.1) is 0 Å². The minimum absolute atomic E-state index is 0.0380. The summed E-state index contributed by atoms with van der Waals surface area (Å²) in [7, 11) is 1.74. The van der Waals surface area contributed by atoms with Crippen molar-refractivity contribution in [2.45, 2.75) is 39.2 Å². The van der Waals surface area contributed by atoms with Crippen molar-refractivity contribution in [1.82, 2.24) is 9.80 Å². The second-order valence-corrected chi connectivity index (χ2v) is 4.80. The minimum Gasteiger partial charge on any atom is -0.480 e. The van der Waals surface area contributed by atoms with Gasteiger partial charge in [0.1, 0.15) is 6.04 Å². The van der Waals surface area contributed by atoms with Crippen molar-refractivity contribution in [3.05, 3.63) is 0 Å². The Labute approximate surface area is 102 Å². The third-order valence-electron chi connectivity index (χ3n) is 3.37. The SMILES string of the molecule is CCCCN(C)C(=O)N1CCC(C)C1C(=O)O. The molecule has 1 rings (SSSR count). The van der Waals surface area contributed by atoms with Crippen LogP contribution in [0, 0.1) is 5.92 Å². The molecule has 0 aromatic heterocycles.